The molecule has 5 nitrogen and oxygen atoms in total. The van der Waals surface area contributed by atoms with Crippen LogP contribution in [-0.4, -0.2) is 29.4 Å². The molecule has 0 aliphatic carbocycles. The Balaban J connectivity index is 0.00000243. The van der Waals surface area contributed by atoms with Crippen molar-refractivity contribution >= 4 is 62.3 Å². The predicted octanol–water partition coefficient (Wildman–Crippen LogP) is 6.39. The molecule has 0 saturated carbocycles. The van der Waals surface area contributed by atoms with Gasteiger partial charge < -0.3 is 9.47 Å². The summed E-state index contributed by atoms with van der Waals surface area (Å²) in [6.45, 7) is 1.98. The lowest BCUT2D eigenvalue weighted by atomic mass is 10.2. The average Bonchev–Trinajstić information content (AvgIpc) is 2.87. The normalized spacial score (nSPS) is 11.8. The number of halogens is 2. The highest BCUT2D eigenvalue weighted by Crippen LogP contribution is 2.39. The highest BCUT2D eigenvalue weighted by atomic mass is 79.9. The largest absolute Gasteiger partial charge is 0.366 e. The molecule has 1 heterocycles. The molecular formula is C19H21BrClN5. The van der Waals surface area contributed by atoms with E-state index in [0.29, 0.717) is 0 Å². The molecular weight excluding hydrogens is 414 g/mol. The zero-order valence-electron chi connectivity index (χ0n) is 15.1. The monoisotopic (exact) mass is 433 g/mol. The number of azo groups is 1. The maximum atomic E-state index is 4.77. The van der Waals surface area contributed by atoms with Crippen LogP contribution in [0.3, 0.4) is 0 Å². The first-order valence-electron chi connectivity index (χ1n) is 7.94. The zero-order valence-corrected chi connectivity index (χ0v) is 17.5. The van der Waals surface area contributed by atoms with Crippen molar-refractivity contribution in [3.63, 3.8) is 0 Å². The van der Waals surface area contributed by atoms with Gasteiger partial charge in [-0.25, -0.2) is 4.99 Å². The van der Waals surface area contributed by atoms with E-state index in [-0.39, 0.29) is 12.4 Å². The molecule has 7 heteroatoms. The third kappa shape index (κ3) is 4.14. The molecule has 3 aromatic rings. The molecule has 26 heavy (non-hydrogen) atoms. The van der Waals surface area contributed by atoms with Gasteiger partial charge in [0.15, 0.2) is 5.82 Å². The molecule has 0 radical (unpaired) electrons. The van der Waals surface area contributed by atoms with Crippen LogP contribution in [0.5, 0.6) is 0 Å². The molecule has 0 aliphatic heterocycles. The van der Waals surface area contributed by atoms with Crippen LogP contribution in [0.1, 0.15) is 6.92 Å². The number of aliphatic imine (C=N–C) groups is 1. The highest BCUT2D eigenvalue weighted by Gasteiger charge is 2.15. The van der Waals surface area contributed by atoms with E-state index in [1.807, 2.05) is 69.4 Å². The molecule has 0 amide bonds. The van der Waals surface area contributed by atoms with Crippen LogP contribution in [0.4, 0.5) is 17.2 Å². The van der Waals surface area contributed by atoms with E-state index in [9.17, 15) is 0 Å². The second-order valence-corrected chi connectivity index (χ2v) is 6.89. The Morgan fingerprint density at radius 2 is 1.65 bits per heavy atom. The number of aromatic nitrogens is 1. The van der Waals surface area contributed by atoms with Gasteiger partial charge >= 0.3 is 0 Å². The van der Waals surface area contributed by atoms with Crippen molar-refractivity contribution in [1.29, 1.82) is 0 Å². The summed E-state index contributed by atoms with van der Waals surface area (Å²) in [4.78, 5) is 6.75. The first-order chi connectivity index (χ1) is 12.0. The lowest BCUT2D eigenvalue weighted by Crippen LogP contribution is -2.18. The molecule has 0 N–H and O–H groups in total. The van der Waals surface area contributed by atoms with Crippen LogP contribution in [0.15, 0.2) is 68.2 Å². The molecule has 0 saturated heterocycles. The molecule has 1 aromatic heterocycles. The SMILES string of the molecule is C/C(=N\c1c(N=Nc2ccc(Br)cc2)c2ccccc2n1C)N(C)C.Cl. The van der Waals surface area contributed by atoms with Gasteiger partial charge in [0.2, 0.25) is 0 Å². The van der Waals surface area contributed by atoms with Crippen molar-refractivity contribution < 1.29 is 0 Å². The zero-order chi connectivity index (χ0) is 18.0. The number of benzene rings is 2. The van der Waals surface area contributed by atoms with E-state index in [4.69, 9.17) is 4.99 Å². The van der Waals surface area contributed by atoms with Gasteiger partial charge in [0.1, 0.15) is 11.5 Å². The van der Waals surface area contributed by atoms with Crippen molar-refractivity contribution in [1.82, 2.24) is 9.47 Å². The first-order valence-corrected chi connectivity index (χ1v) is 8.74. The molecule has 2 aromatic carbocycles. The lowest BCUT2D eigenvalue weighted by Gasteiger charge is -2.11. The first kappa shape index (κ1) is 20.1. The average molecular weight is 435 g/mol. The van der Waals surface area contributed by atoms with Gasteiger partial charge in [-0.2, -0.15) is 5.11 Å². The van der Waals surface area contributed by atoms with Crippen molar-refractivity contribution in [2.24, 2.45) is 22.3 Å². The Labute approximate surface area is 168 Å². The Hall–Kier alpha value is -2.18. The number of nitrogens with zero attached hydrogens (tertiary/aromatic N) is 5. The molecule has 0 atom stereocenters. The van der Waals surface area contributed by atoms with Crippen molar-refractivity contribution in [2.75, 3.05) is 14.1 Å². The Morgan fingerprint density at radius 3 is 2.31 bits per heavy atom. The Morgan fingerprint density at radius 1 is 1.00 bits per heavy atom. The molecule has 3 rings (SSSR count). The minimum atomic E-state index is 0. The third-order valence-corrected chi connectivity index (χ3v) is 4.59. The molecule has 0 aliphatic rings. The minimum absolute atomic E-state index is 0. The van der Waals surface area contributed by atoms with Gasteiger partial charge in [-0.15, -0.1) is 17.5 Å². The summed E-state index contributed by atoms with van der Waals surface area (Å²) in [6.07, 6.45) is 0. The summed E-state index contributed by atoms with van der Waals surface area (Å²) >= 11 is 3.43. The van der Waals surface area contributed by atoms with Gasteiger partial charge in [-0.1, -0.05) is 34.1 Å². The molecule has 0 bridgehead atoms. The maximum absolute atomic E-state index is 4.77. The second-order valence-electron chi connectivity index (χ2n) is 5.98. The number of hydrogen-bond donors (Lipinski definition) is 0. The Kier molecular flexibility index (Phi) is 6.56. The summed E-state index contributed by atoms with van der Waals surface area (Å²) < 4.78 is 3.07. The van der Waals surface area contributed by atoms with Crippen LogP contribution in [0, 0.1) is 0 Å². The molecule has 0 unspecified atom stereocenters. The van der Waals surface area contributed by atoms with Gasteiger partial charge in [0, 0.05) is 31.0 Å². The number of rotatable bonds is 3. The van der Waals surface area contributed by atoms with E-state index in [0.717, 1.165) is 38.4 Å². The number of amidine groups is 1. The van der Waals surface area contributed by atoms with E-state index >= 15 is 0 Å². The minimum Gasteiger partial charge on any atom is -0.366 e. The molecule has 0 fully saturated rings. The van der Waals surface area contributed by atoms with Crippen molar-refractivity contribution in [3.05, 3.63) is 53.0 Å². The fourth-order valence-electron chi connectivity index (χ4n) is 2.46. The van der Waals surface area contributed by atoms with E-state index in [2.05, 4.69) is 42.9 Å². The van der Waals surface area contributed by atoms with Crippen LogP contribution in [-0.2, 0) is 7.05 Å². The van der Waals surface area contributed by atoms with Crippen LogP contribution in [0.25, 0.3) is 10.9 Å². The fraction of sp³-hybridized carbons (Fsp3) is 0.211. The summed E-state index contributed by atoms with van der Waals surface area (Å²) in [5.41, 5.74) is 2.66. The van der Waals surface area contributed by atoms with Crippen LogP contribution in [0.2, 0.25) is 0 Å². The Bertz CT molecular complexity index is 958. The number of aryl methyl sites for hydroxylation is 1. The van der Waals surface area contributed by atoms with Gasteiger partial charge in [0.25, 0.3) is 0 Å². The number of para-hydroxylation sites is 1. The van der Waals surface area contributed by atoms with Crippen LogP contribution >= 0.6 is 28.3 Å². The van der Waals surface area contributed by atoms with Gasteiger partial charge in [-0.05, 0) is 37.3 Å². The number of hydrogen-bond acceptors (Lipinski definition) is 3. The van der Waals surface area contributed by atoms with Gasteiger partial charge in [-0.3, -0.25) is 0 Å². The van der Waals surface area contributed by atoms with Crippen molar-refractivity contribution in [2.45, 2.75) is 6.92 Å². The quantitative estimate of drug-likeness (QED) is 0.267. The topological polar surface area (TPSA) is 45.2 Å². The summed E-state index contributed by atoms with van der Waals surface area (Å²) in [7, 11) is 5.96. The highest BCUT2D eigenvalue weighted by molar-refractivity contribution is 9.10. The standard InChI is InChI=1S/C19H20BrN5.ClH/c1-13(24(2)3)21-19-18(16-7-5-6-8-17(16)25(19)4)23-22-15-11-9-14(20)10-12-15;/h5-12H,1-4H3;1H/b21-13+,23-22?;. The predicted molar refractivity (Wildman–Crippen MR) is 115 cm³/mol. The maximum Gasteiger partial charge on any atom is 0.163 e. The second kappa shape index (κ2) is 8.47. The summed E-state index contributed by atoms with van der Waals surface area (Å²) in [5, 5.41) is 9.97. The van der Waals surface area contributed by atoms with E-state index in [1.165, 1.54) is 0 Å². The van der Waals surface area contributed by atoms with Gasteiger partial charge in [0.05, 0.1) is 11.2 Å². The van der Waals surface area contributed by atoms with Crippen LogP contribution < -0.4 is 0 Å². The summed E-state index contributed by atoms with van der Waals surface area (Å²) in [5.74, 6) is 1.71. The van der Waals surface area contributed by atoms with Crippen molar-refractivity contribution in [3.8, 4) is 0 Å². The lowest BCUT2D eigenvalue weighted by molar-refractivity contribution is 0.618. The smallest absolute Gasteiger partial charge is 0.163 e. The summed E-state index contributed by atoms with van der Waals surface area (Å²) in [6, 6.07) is 15.9. The third-order valence-electron chi connectivity index (χ3n) is 4.06. The van der Waals surface area contributed by atoms with E-state index in [1.54, 1.807) is 0 Å². The number of fused-ring (bicyclic) bond motifs is 1. The molecule has 136 valence electrons. The fourth-order valence-corrected chi connectivity index (χ4v) is 2.72. The van der Waals surface area contributed by atoms with E-state index < -0.39 is 0 Å². The molecule has 0 spiro atoms.